The monoisotopic (exact) mass is 291 g/mol. The molecule has 0 amide bonds. The van der Waals surface area contributed by atoms with E-state index >= 15 is 0 Å². The molecule has 0 bridgehead atoms. The third-order valence-electron chi connectivity index (χ3n) is 2.78. The summed E-state index contributed by atoms with van der Waals surface area (Å²) < 4.78 is 1.73. The van der Waals surface area contributed by atoms with Crippen LogP contribution in [-0.4, -0.2) is 48.8 Å². The number of anilines is 2. The van der Waals surface area contributed by atoms with Crippen LogP contribution >= 0.6 is 0 Å². The summed E-state index contributed by atoms with van der Waals surface area (Å²) in [6, 6.07) is 0. The summed E-state index contributed by atoms with van der Waals surface area (Å²) in [6.45, 7) is 5.19. The van der Waals surface area contributed by atoms with Gasteiger partial charge in [-0.1, -0.05) is 0 Å². The number of aliphatic hydroxyl groups is 1. The Morgan fingerprint density at radius 3 is 2.62 bits per heavy atom. The minimum absolute atomic E-state index is 0.288. The highest BCUT2D eigenvalue weighted by atomic mass is 16.3. The molecule has 21 heavy (non-hydrogen) atoms. The maximum Gasteiger partial charge on any atom is 0.241 e. The summed E-state index contributed by atoms with van der Waals surface area (Å²) >= 11 is 0. The van der Waals surface area contributed by atoms with Crippen LogP contribution in [-0.2, 0) is 0 Å². The molecule has 114 valence electrons. The fraction of sp³-hybridized carbons (Fsp3) is 0.538. The van der Waals surface area contributed by atoms with Gasteiger partial charge in [0.25, 0.3) is 0 Å². The van der Waals surface area contributed by atoms with Crippen LogP contribution in [0.4, 0.5) is 11.9 Å². The lowest BCUT2D eigenvalue weighted by Gasteiger charge is -2.10. The molecule has 1 atom stereocenters. The number of aliphatic hydroxyl groups excluding tert-OH is 1. The van der Waals surface area contributed by atoms with Crippen LogP contribution in [0.1, 0.15) is 26.7 Å². The second-order valence-electron chi connectivity index (χ2n) is 4.70. The van der Waals surface area contributed by atoms with Gasteiger partial charge in [0.15, 0.2) is 0 Å². The molecule has 0 aromatic carbocycles. The number of hydrogen-bond acceptors (Lipinski definition) is 7. The highest BCUT2D eigenvalue weighted by molar-refractivity contribution is 5.37. The maximum absolute atomic E-state index is 9.24. The Labute approximate surface area is 123 Å². The molecule has 0 spiro atoms. The van der Waals surface area contributed by atoms with E-state index in [4.69, 9.17) is 0 Å². The fourth-order valence-corrected chi connectivity index (χ4v) is 1.77. The minimum Gasteiger partial charge on any atom is -0.393 e. The van der Waals surface area contributed by atoms with Crippen molar-refractivity contribution in [1.82, 2.24) is 24.5 Å². The highest BCUT2D eigenvalue weighted by Gasteiger charge is 2.07. The summed E-state index contributed by atoms with van der Waals surface area (Å²) in [5.41, 5.74) is 0. The average molecular weight is 291 g/mol. The van der Waals surface area contributed by atoms with E-state index in [1.807, 2.05) is 6.92 Å². The third kappa shape index (κ3) is 4.67. The van der Waals surface area contributed by atoms with Gasteiger partial charge in [-0.15, -0.1) is 0 Å². The lowest BCUT2D eigenvalue weighted by atomic mass is 10.2. The third-order valence-corrected chi connectivity index (χ3v) is 2.78. The lowest BCUT2D eigenvalue weighted by Crippen LogP contribution is -2.13. The van der Waals surface area contributed by atoms with E-state index in [9.17, 15) is 5.11 Å². The molecule has 0 fully saturated rings. The van der Waals surface area contributed by atoms with Gasteiger partial charge in [-0.05, 0) is 26.7 Å². The lowest BCUT2D eigenvalue weighted by molar-refractivity contribution is 0.183. The first-order valence-corrected chi connectivity index (χ1v) is 7.09. The number of aromatic nitrogens is 5. The summed E-state index contributed by atoms with van der Waals surface area (Å²) in [5.74, 6) is 1.54. The van der Waals surface area contributed by atoms with Gasteiger partial charge < -0.3 is 15.7 Å². The van der Waals surface area contributed by atoms with Crippen molar-refractivity contribution in [2.45, 2.75) is 32.8 Å². The first kappa shape index (κ1) is 15.2. The first-order valence-electron chi connectivity index (χ1n) is 7.09. The van der Waals surface area contributed by atoms with Gasteiger partial charge in [0, 0.05) is 25.5 Å². The van der Waals surface area contributed by atoms with E-state index in [1.54, 1.807) is 30.2 Å². The van der Waals surface area contributed by atoms with Gasteiger partial charge in [-0.3, -0.25) is 4.57 Å². The normalized spacial score (nSPS) is 12.1. The highest BCUT2D eigenvalue weighted by Crippen LogP contribution is 2.09. The second kappa shape index (κ2) is 7.53. The van der Waals surface area contributed by atoms with E-state index in [-0.39, 0.29) is 6.10 Å². The topological polar surface area (TPSA) is 101 Å². The quantitative estimate of drug-likeness (QED) is 0.625. The summed E-state index contributed by atoms with van der Waals surface area (Å²) in [7, 11) is 0. The zero-order chi connectivity index (χ0) is 15.1. The molecular weight excluding hydrogens is 270 g/mol. The molecule has 2 aromatic heterocycles. The standard InChI is InChI=1S/C13H21N7O/c1-3-15-11-17-12(16-6-4-5-10(2)21)19-13(18-11)20-8-7-14-9-20/h7-10,21H,3-6H2,1-2H3,(H2,15,16,17,18,19). The molecule has 0 saturated heterocycles. The number of hydrogen-bond donors (Lipinski definition) is 3. The van der Waals surface area contributed by atoms with Gasteiger partial charge in [-0.25, -0.2) is 4.98 Å². The molecular formula is C13H21N7O. The molecule has 0 aliphatic carbocycles. The predicted octanol–water partition coefficient (Wildman–Crippen LogP) is 1.06. The molecule has 0 aliphatic rings. The Morgan fingerprint density at radius 1 is 1.24 bits per heavy atom. The van der Waals surface area contributed by atoms with Gasteiger partial charge in [0.2, 0.25) is 17.8 Å². The molecule has 0 radical (unpaired) electrons. The second-order valence-corrected chi connectivity index (χ2v) is 4.70. The van der Waals surface area contributed by atoms with Crippen molar-refractivity contribution >= 4 is 11.9 Å². The van der Waals surface area contributed by atoms with Crippen molar-refractivity contribution in [3.05, 3.63) is 18.7 Å². The van der Waals surface area contributed by atoms with E-state index in [2.05, 4.69) is 30.6 Å². The minimum atomic E-state index is -0.288. The Morgan fingerprint density at radius 2 is 2.00 bits per heavy atom. The van der Waals surface area contributed by atoms with Gasteiger partial charge in [0.05, 0.1) is 6.10 Å². The average Bonchev–Trinajstić information content (AvgIpc) is 2.98. The molecule has 2 rings (SSSR count). The summed E-state index contributed by atoms with van der Waals surface area (Å²) in [5, 5.41) is 15.5. The van der Waals surface area contributed by atoms with Crippen LogP contribution < -0.4 is 10.6 Å². The Kier molecular flexibility index (Phi) is 5.44. The SMILES string of the molecule is CCNc1nc(NCCCC(C)O)nc(-n2ccnc2)n1. The first-order chi connectivity index (χ1) is 10.2. The summed E-state index contributed by atoms with van der Waals surface area (Å²) in [4.78, 5) is 17.0. The van der Waals surface area contributed by atoms with Crippen molar-refractivity contribution in [2.75, 3.05) is 23.7 Å². The summed E-state index contributed by atoms with van der Waals surface area (Å²) in [6.07, 6.45) is 6.40. The zero-order valence-electron chi connectivity index (χ0n) is 12.3. The van der Waals surface area contributed by atoms with Gasteiger partial charge >= 0.3 is 0 Å². The van der Waals surface area contributed by atoms with Crippen LogP contribution in [0.25, 0.3) is 5.95 Å². The van der Waals surface area contributed by atoms with Crippen molar-refractivity contribution in [3.8, 4) is 5.95 Å². The van der Waals surface area contributed by atoms with Crippen LogP contribution in [0.5, 0.6) is 0 Å². The molecule has 2 aromatic rings. The molecule has 0 aliphatic heterocycles. The molecule has 8 heteroatoms. The molecule has 8 nitrogen and oxygen atoms in total. The zero-order valence-corrected chi connectivity index (χ0v) is 12.3. The number of imidazole rings is 1. The van der Waals surface area contributed by atoms with E-state index in [0.29, 0.717) is 24.4 Å². The maximum atomic E-state index is 9.24. The Bertz CT molecular complexity index is 541. The van der Waals surface area contributed by atoms with E-state index < -0.39 is 0 Å². The number of rotatable bonds is 8. The molecule has 3 N–H and O–H groups in total. The van der Waals surface area contributed by atoms with Gasteiger partial charge in [-0.2, -0.15) is 15.0 Å². The van der Waals surface area contributed by atoms with Crippen molar-refractivity contribution in [2.24, 2.45) is 0 Å². The fourth-order valence-electron chi connectivity index (χ4n) is 1.77. The predicted molar refractivity (Wildman–Crippen MR) is 80.5 cm³/mol. The molecule has 0 saturated carbocycles. The molecule has 2 heterocycles. The van der Waals surface area contributed by atoms with Crippen molar-refractivity contribution in [1.29, 1.82) is 0 Å². The van der Waals surface area contributed by atoms with E-state index in [0.717, 1.165) is 19.4 Å². The largest absolute Gasteiger partial charge is 0.393 e. The smallest absolute Gasteiger partial charge is 0.241 e. The Hall–Kier alpha value is -2.22. The number of nitrogens with zero attached hydrogens (tertiary/aromatic N) is 5. The van der Waals surface area contributed by atoms with Crippen molar-refractivity contribution < 1.29 is 5.11 Å². The van der Waals surface area contributed by atoms with Gasteiger partial charge in [0.1, 0.15) is 6.33 Å². The van der Waals surface area contributed by atoms with Crippen LogP contribution in [0.2, 0.25) is 0 Å². The van der Waals surface area contributed by atoms with Crippen molar-refractivity contribution in [3.63, 3.8) is 0 Å². The van der Waals surface area contributed by atoms with E-state index in [1.165, 1.54) is 0 Å². The molecule has 1 unspecified atom stereocenters. The Balaban J connectivity index is 2.08. The number of nitrogens with one attached hydrogen (secondary N) is 2. The van der Waals surface area contributed by atoms with Crippen LogP contribution in [0.15, 0.2) is 18.7 Å². The van der Waals surface area contributed by atoms with Crippen LogP contribution in [0.3, 0.4) is 0 Å². The van der Waals surface area contributed by atoms with Crippen LogP contribution in [0, 0.1) is 0 Å².